The lowest BCUT2D eigenvalue weighted by atomic mass is 10.1. The van der Waals surface area contributed by atoms with Crippen molar-refractivity contribution in [2.24, 2.45) is 5.92 Å². The second kappa shape index (κ2) is 9.48. The molecule has 2 N–H and O–H groups in total. The highest BCUT2D eigenvalue weighted by molar-refractivity contribution is 5.93. The van der Waals surface area contributed by atoms with E-state index in [2.05, 4.69) is 20.8 Å². The number of carbonyl (C=O) groups is 1. The molecule has 1 aromatic heterocycles. The first-order valence-corrected chi connectivity index (χ1v) is 9.32. The standard InChI is InChI=1S/C19H27N5O3/c1-14-18(19(25)21-10-8-15-7-9-20-13-15)23-24(22-14)16-3-5-17(6-4-16)27-12-11-26-2/h3-6,15,20H,7-13H2,1-2H3,(H,21,25). The van der Waals surface area contributed by atoms with E-state index in [-0.39, 0.29) is 5.91 Å². The molecule has 1 aliphatic rings. The van der Waals surface area contributed by atoms with Crippen LogP contribution in [0.4, 0.5) is 0 Å². The van der Waals surface area contributed by atoms with Crippen LogP contribution < -0.4 is 15.4 Å². The van der Waals surface area contributed by atoms with Gasteiger partial charge in [0.25, 0.3) is 5.91 Å². The minimum absolute atomic E-state index is 0.177. The molecule has 0 bridgehead atoms. The summed E-state index contributed by atoms with van der Waals surface area (Å²) in [7, 11) is 1.64. The molecule has 8 nitrogen and oxygen atoms in total. The van der Waals surface area contributed by atoms with Crippen LogP contribution in [0.15, 0.2) is 24.3 Å². The van der Waals surface area contributed by atoms with Crippen molar-refractivity contribution in [2.75, 3.05) is 40.0 Å². The smallest absolute Gasteiger partial charge is 0.273 e. The fraction of sp³-hybridized carbons (Fsp3) is 0.526. The first-order chi connectivity index (χ1) is 13.2. The van der Waals surface area contributed by atoms with Gasteiger partial charge in [-0.3, -0.25) is 4.79 Å². The predicted molar refractivity (Wildman–Crippen MR) is 101 cm³/mol. The second-order valence-corrected chi connectivity index (χ2v) is 6.66. The molecule has 0 spiro atoms. The number of benzene rings is 1. The van der Waals surface area contributed by atoms with Crippen molar-refractivity contribution in [3.05, 3.63) is 35.7 Å². The Hall–Kier alpha value is -2.45. The predicted octanol–water partition coefficient (Wildman–Crippen LogP) is 1.33. The van der Waals surface area contributed by atoms with Gasteiger partial charge in [0.2, 0.25) is 0 Å². The average molecular weight is 373 g/mol. The van der Waals surface area contributed by atoms with Gasteiger partial charge in [0.05, 0.1) is 18.0 Å². The molecule has 2 aromatic rings. The largest absolute Gasteiger partial charge is 0.491 e. The van der Waals surface area contributed by atoms with E-state index in [1.807, 2.05) is 24.3 Å². The van der Waals surface area contributed by atoms with Crippen molar-refractivity contribution in [3.8, 4) is 11.4 Å². The molecule has 1 saturated heterocycles. The normalized spacial score (nSPS) is 16.4. The number of hydrogen-bond acceptors (Lipinski definition) is 6. The van der Waals surface area contributed by atoms with Gasteiger partial charge >= 0.3 is 0 Å². The first kappa shape index (κ1) is 19.3. The molecule has 0 radical (unpaired) electrons. The number of amides is 1. The highest BCUT2D eigenvalue weighted by atomic mass is 16.5. The summed E-state index contributed by atoms with van der Waals surface area (Å²) < 4.78 is 10.5. The van der Waals surface area contributed by atoms with Crippen LogP contribution in [-0.2, 0) is 4.74 Å². The molecule has 1 aromatic carbocycles. The van der Waals surface area contributed by atoms with E-state index in [9.17, 15) is 4.79 Å². The first-order valence-electron chi connectivity index (χ1n) is 9.32. The van der Waals surface area contributed by atoms with Gasteiger partial charge in [-0.1, -0.05) is 0 Å². The molecule has 3 rings (SSSR count). The topological polar surface area (TPSA) is 90.3 Å². The summed E-state index contributed by atoms with van der Waals surface area (Å²) in [4.78, 5) is 13.9. The Bertz CT molecular complexity index is 738. The van der Waals surface area contributed by atoms with Crippen molar-refractivity contribution >= 4 is 5.91 Å². The van der Waals surface area contributed by atoms with Crippen molar-refractivity contribution in [3.63, 3.8) is 0 Å². The number of rotatable bonds is 9. The molecule has 2 heterocycles. The van der Waals surface area contributed by atoms with E-state index in [1.165, 1.54) is 11.2 Å². The lowest BCUT2D eigenvalue weighted by molar-refractivity contribution is 0.0945. The van der Waals surface area contributed by atoms with Crippen LogP contribution in [0.1, 0.15) is 29.0 Å². The summed E-state index contributed by atoms with van der Waals surface area (Å²) in [5, 5.41) is 15.0. The monoisotopic (exact) mass is 373 g/mol. The summed E-state index contributed by atoms with van der Waals surface area (Å²) in [5.74, 6) is 1.22. The van der Waals surface area contributed by atoms with Gasteiger partial charge in [-0.25, -0.2) is 0 Å². The molecule has 1 fully saturated rings. The van der Waals surface area contributed by atoms with E-state index in [0.717, 1.165) is 30.9 Å². The molecule has 8 heteroatoms. The van der Waals surface area contributed by atoms with E-state index in [4.69, 9.17) is 9.47 Å². The summed E-state index contributed by atoms with van der Waals surface area (Å²) in [6.07, 6.45) is 2.16. The zero-order valence-electron chi connectivity index (χ0n) is 15.9. The fourth-order valence-corrected chi connectivity index (χ4v) is 3.06. The minimum atomic E-state index is -0.177. The van der Waals surface area contributed by atoms with Crippen LogP contribution in [0, 0.1) is 12.8 Å². The zero-order chi connectivity index (χ0) is 19.1. The van der Waals surface area contributed by atoms with E-state index in [1.54, 1.807) is 14.0 Å². The average Bonchev–Trinajstić information content (AvgIpc) is 3.32. The quantitative estimate of drug-likeness (QED) is 0.645. The number of aromatic nitrogens is 3. The molecule has 1 amide bonds. The van der Waals surface area contributed by atoms with Gasteiger partial charge in [0.1, 0.15) is 12.4 Å². The van der Waals surface area contributed by atoms with Crippen LogP contribution in [0.25, 0.3) is 5.69 Å². The van der Waals surface area contributed by atoms with Crippen molar-refractivity contribution in [1.29, 1.82) is 0 Å². The van der Waals surface area contributed by atoms with Crippen LogP contribution in [0.5, 0.6) is 5.75 Å². The molecular weight excluding hydrogens is 346 g/mol. The number of methoxy groups -OCH3 is 1. The van der Waals surface area contributed by atoms with Gasteiger partial charge in [0, 0.05) is 13.7 Å². The molecule has 1 atom stereocenters. The molecular formula is C19H27N5O3. The Labute approximate surface area is 159 Å². The van der Waals surface area contributed by atoms with E-state index < -0.39 is 0 Å². The molecule has 27 heavy (non-hydrogen) atoms. The third-order valence-electron chi connectivity index (χ3n) is 4.62. The van der Waals surface area contributed by atoms with Crippen molar-refractivity contribution in [1.82, 2.24) is 25.6 Å². The number of aryl methyl sites for hydroxylation is 1. The molecule has 1 aliphatic heterocycles. The zero-order valence-corrected chi connectivity index (χ0v) is 15.9. The third-order valence-corrected chi connectivity index (χ3v) is 4.62. The summed E-state index contributed by atoms with van der Waals surface area (Å²) in [5.41, 5.74) is 1.74. The Kier molecular flexibility index (Phi) is 6.78. The number of hydrogen-bond donors (Lipinski definition) is 2. The molecule has 146 valence electrons. The highest BCUT2D eigenvalue weighted by Gasteiger charge is 2.18. The lowest BCUT2D eigenvalue weighted by Crippen LogP contribution is -2.27. The van der Waals surface area contributed by atoms with Crippen molar-refractivity contribution < 1.29 is 14.3 Å². The Morgan fingerprint density at radius 2 is 2.11 bits per heavy atom. The number of carbonyl (C=O) groups excluding carboxylic acids is 1. The number of ether oxygens (including phenoxy) is 2. The Morgan fingerprint density at radius 1 is 1.30 bits per heavy atom. The molecule has 0 aliphatic carbocycles. The maximum Gasteiger partial charge on any atom is 0.273 e. The van der Waals surface area contributed by atoms with Gasteiger partial charge in [0.15, 0.2) is 5.69 Å². The number of nitrogens with zero attached hydrogens (tertiary/aromatic N) is 3. The summed E-state index contributed by atoms with van der Waals surface area (Å²) in [6.45, 7) is 5.60. The van der Waals surface area contributed by atoms with Crippen molar-refractivity contribution in [2.45, 2.75) is 19.8 Å². The van der Waals surface area contributed by atoms with Crippen LogP contribution >= 0.6 is 0 Å². The fourth-order valence-electron chi connectivity index (χ4n) is 3.06. The lowest BCUT2D eigenvalue weighted by Gasteiger charge is -2.08. The molecule has 1 unspecified atom stereocenters. The summed E-state index contributed by atoms with van der Waals surface area (Å²) in [6, 6.07) is 7.41. The SMILES string of the molecule is COCCOc1ccc(-n2nc(C)c(C(=O)NCCC3CCNC3)n2)cc1. The summed E-state index contributed by atoms with van der Waals surface area (Å²) >= 11 is 0. The van der Waals surface area contributed by atoms with Crippen LogP contribution in [0.2, 0.25) is 0 Å². The Balaban J connectivity index is 1.57. The third kappa shape index (κ3) is 5.27. The van der Waals surface area contributed by atoms with Gasteiger partial charge < -0.3 is 20.1 Å². The van der Waals surface area contributed by atoms with E-state index in [0.29, 0.717) is 37.1 Å². The highest BCUT2D eigenvalue weighted by Crippen LogP contribution is 2.15. The maximum atomic E-state index is 12.4. The van der Waals surface area contributed by atoms with Gasteiger partial charge in [-0.05, 0) is 63.0 Å². The minimum Gasteiger partial charge on any atom is -0.491 e. The number of nitrogens with one attached hydrogen (secondary N) is 2. The van der Waals surface area contributed by atoms with Crippen LogP contribution in [0.3, 0.4) is 0 Å². The van der Waals surface area contributed by atoms with E-state index >= 15 is 0 Å². The maximum absolute atomic E-state index is 12.4. The van der Waals surface area contributed by atoms with Crippen LogP contribution in [-0.4, -0.2) is 60.9 Å². The second-order valence-electron chi connectivity index (χ2n) is 6.66. The molecule has 0 saturated carbocycles. The Morgan fingerprint density at radius 3 is 2.81 bits per heavy atom. The van der Waals surface area contributed by atoms with Gasteiger partial charge in [-0.2, -0.15) is 9.90 Å². The van der Waals surface area contributed by atoms with Gasteiger partial charge in [-0.15, -0.1) is 5.10 Å².